The summed E-state index contributed by atoms with van der Waals surface area (Å²) in [4.78, 5) is 23.5. The molecule has 2 saturated heterocycles. The van der Waals surface area contributed by atoms with Gasteiger partial charge in [-0.25, -0.2) is 31.7 Å². The Morgan fingerprint density at radius 2 is 1.00 bits per heavy atom. The summed E-state index contributed by atoms with van der Waals surface area (Å²) in [5.74, 6) is 0.145. The highest BCUT2D eigenvalue weighted by atomic mass is 32.2. The average molecular weight is 929 g/mol. The summed E-state index contributed by atoms with van der Waals surface area (Å²) in [6.45, 7) is 12.9. The summed E-state index contributed by atoms with van der Waals surface area (Å²) in [7, 11) is -3.15. The van der Waals surface area contributed by atoms with Crippen molar-refractivity contribution in [3.05, 3.63) is 86.5 Å². The van der Waals surface area contributed by atoms with Crippen molar-refractivity contribution in [3.8, 4) is 45.0 Å². The van der Waals surface area contributed by atoms with E-state index in [1.807, 2.05) is 88.2 Å². The molecule has 1 amide bonds. The molecule has 0 radical (unpaired) electrons. The summed E-state index contributed by atoms with van der Waals surface area (Å²) in [6.07, 6.45) is 31.8. The van der Waals surface area contributed by atoms with Gasteiger partial charge in [-0.2, -0.15) is 30.6 Å². The molecule has 0 aliphatic carbocycles. The van der Waals surface area contributed by atoms with Crippen LogP contribution in [0.1, 0.15) is 110 Å². The number of rotatable bonds is 13. The second-order valence-electron chi connectivity index (χ2n) is 17.7. The number of hydrogen-bond donors (Lipinski definition) is 0. The van der Waals surface area contributed by atoms with Gasteiger partial charge in [-0.15, -0.1) is 0 Å². The van der Waals surface area contributed by atoms with Gasteiger partial charge in [0.15, 0.2) is 0 Å². The maximum absolute atomic E-state index is 11.8. The van der Waals surface area contributed by atoms with E-state index in [-0.39, 0.29) is 11.9 Å². The van der Waals surface area contributed by atoms with Gasteiger partial charge in [0.05, 0.1) is 114 Å². The van der Waals surface area contributed by atoms with Crippen LogP contribution in [0, 0.1) is 0 Å². The zero-order valence-electron chi connectivity index (χ0n) is 39.2. The molecule has 2 fully saturated rings. The predicted octanol–water partition coefficient (Wildman–Crippen LogP) is 7.41. The second kappa shape index (κ2) is 19.4. The van der Waals surface area contributed by atoms with Crippen molar-refractivity contribution in [2.24, 2.45) is 0 Å². The van der Waals surface area contributed by atoms with Crippen molar-refractivity contribution in [3.63, 3.8) is 0 Å². The molecule has 0 unspecified atom stereocenters. The fourth-order valence-corrected chi connectivity index (χ4v) is 10.3. The summed E-state index contributed by atoms with van der Waals surface area (Å²) in [6, 6.07) is 5.14. The first-order chi connectivity index (χ1) is 32.4. The van der Waals surface area contributed by atoms with Crippen molar-refractivity contribution in [1.29, 1.82) is 0 Å². The zero-order chi connectivity index (χ0) is 46.8. The number of carbonyl (C=O) groups excluding carboxylic acids is 1. The highest BCUT2D eigenvalue weighted by Crippen LogP contribution is 2.32. The predicted molar refractivity (Wildman–Crippen MR) is 255 cm³/mol. The maximum atomic E-state index is 11.8. The molecule has 20 heteroatoms. The van der Waals surface area contributed by atoms with Gasteiger partial charge in [-0.1, -0.05) is 27.7 Å². The first-order valence-electron chi connectivity index (χ1n) is 23.5. The van der Waals surface area contributed by atoms with Gasteiger partial charge in [0.25, 0.3) is 0 Å². The Hall–Kier alpha value is -6.54. The monoisotopic (exact) mass is 928 g/mol. The minimum Gasteiger partial charge on any atom is -0.343 e. The molecule has 352 valence electrons. The Kier molecular flexibility index (Phi) is 13.2. The molecule has 2 aliphatic heterocycles. The normalized spacial score (nSPS) is 15.6. The fraction of sp³-hybridized carbons (Fsp3) is 0.468. The van der Waals surface area contributed by atoms with E-state index in [1.54, 1.807) is 19.3 Å². The largest absolute Gasteiger partial charge is 0.343 e. The van der Waals surface area contributed by atoms with Gasteiger partial charge < -0.3 is 4.90 Å². The minimum absolute atomic E-state index is 0.145. The summed E-state index contributed by atoms with van der Waals surface area (Å²) in [5.41, 5.74) is 8.97. The van der Waals surface area contributed by atoms with Crippen LogP contribution in [0.5, 0.6) is 0 Å². The Balaban J connectivity index is 0.000000168. The Morgan fingerprint density at radius 3 is 1.40 bits per heavy atom. The Labute approximate surface area is 390 Å². The number of sulfonamides is 1. The second-order valence-corrected chi connectivity index (χ2v) is 19.7. The number of likely N-dealkylation sites (tertiary alicyclic amines) is 1. The number of amides is 1. The Morgan fingerprint density at radius 1 is 0.582 bits per heavy atom. The van der Waals surface area contributed by atoms with E-state index in [0.29, 0.717) is 31.2 Å². The lowest BCUT2D eigenvalue weighted by Gasteiger charge is -2.31. The molecule has 8 aromatic heterocycles. The molecule has 0 saturated carbocycles. The molecule has 10 rings (SSSR count). The van der Waals surface area contributed by atoms with Gasteiger partial charge in [-0.05, 0) is 63.5 Å². The topological polar surface area (TPSA) is 189 Å². The third kappa shape index (κ3) is 9.54. The number of piperidine rings is 2. The van der Waals surface area contributed by atoms with E-state index in [9.17, 15) is 13.2 Å². The van der Waals surface area contributed by atoms with Crippen LogP contribution in [0.15, 0.2) is 86.5 Å². The van der Waals surface area contributed by atoms with Crippen LogP contribution in [0.25, 0.3) is 56.1 Å². The molecule has 0 N–H and O–H groups in total. The molecule has 2 aliphatic rings. The molecule has 0 atom stereocenters. The van der Waals surface area contributed by atoms with Crippen LogP contribution < -0.4 is 0 Å². The smallest absolute Gasteiger partial charge is 0.219 e. The SMILES string of the molecule is CCC(CC)n1cc(-c2nc(-c3cnn(C4CCN(C(C)=O)CC4)c3)cn3nccc23)cn1.CCC(CC)n1cc(-c2nc(-c3cnn(C4CCN(S(C)(=O)=O)CC4)c3)cn3nccc23)cn1. The first kappa shape index (κ1) is 45.6. The van der Waals surface area contributed by atoms with Crippen LogP contribution in [0.2, 0.25) is 0 Å². The standard InChI is InChI=1S/C24H30N8O.C23H30N8O2S/c1-4-20(5-2)30-15-19(13-27-30)24-23-6-9-25-32(23)16-22(28-24)18-12-26-31(14-18)21-7-10-29(11-8-21)17(3)33;1-4-19(5-2)29-15-18(13-26-29)23-22-6-9-24-31(22)16-21(27-23)17-12-25-30(14-17)20-7-10-28(11-8-20)34(3,32)33/h6,9,12-16,20-21H,4-5,7-8,10-11H2,1-3H3;6,9,12-16,19-20H,4-5,7-8,10-11H2,1-3H3. The molecular formula is C47H60N16O3S. The lowest BCUT2D eigenvalue weighted by atomic mass is 10.1. The van der Waals surface area contributed by atoms with Crippen LogP contribution in [0.4, 0.5) is 0 Å². The summed E-state index contributed by atoms with van der Waals surface area (Å²) in [5, 5.41) is 27.4. The van der Waals surface area contributed by atoms with Gasteiger partial charge in [0.1, 0.15) is 0 Å². The van der Waals surface area contributed by atoms with Crippen LogP contribution >= 0.6 is 0 Å². The molecule has 67 heavy (non-hydrogen) atoms. The minimum atomic E-state index is -3.15. The van der Waals surface area contributed by atoms with Crippen molar-refractivity contribution < 1.29 is 13.2 Å². The first-order valence-corrected chi connectivity index (χ1v) is 25.4. The van der Waals surface area contributed by atoms with Crippen molar-refractivity contribution >= 4 is 27.0 Å². The quantitative estimate of drug-likeness (QED) is 0.112. The highest BCUT2D eigenvalue weighted by molar-refractivity contribution is 7.88. The number of nitrogens with zero attached hydrogens (tertiary/aromatic N) is 16. The van der Waals surface area contributed by atoms with E-state index in [4.69, 9.17) is 9.97 Å². The molecule has 8 aromatic rings. The maximum Gasteiger partial charge on any atom is 0.219 e. The van der Waals surface area contributed by atoms with E-state index in [0.717, 1.165) is 121 Å². The Bertz CT molecular complexity index is 3060. The molecular weight excluding hydrogens is 869 g/mol. The van der Waals surface area contributed by atoms with Gasteiger partial charge in [-0.3, -0.25) is 23.5 Å². The zero-order valence-corrected chi connectivity index (χ0v) is 40.0. The van der Waals surface area contributed by atoms with Gasteiger partial charge >= 0.3 is 0 Å². The number of fused-ring (bicyclic) bond motifs is 2. The lowest BCUT2D eigenvalue weighted by molar-refractivity contribution is -0.130. The molecule has 10 heterocycles. The highest BCUT2D eigenvalue weighted by Gasteiger charge is 2.27. The van der Waals surface area contributed by atoms with Gasteiger partial charge in [0.2, 0.25) is 15.9 Å². The third-order valence-electron chi connectivity index (χ3n) is 13.5. The number of hydrogen-bond acceptors (Lipinski definition) is 11. The van der Waals surface area contributed by atoms with Crippen molar-refractivity contribution in [2.75, 3.05) is 32.4 Å². The van der Waals surface area contributed by atoms with E-state index < -0.39 is 10.0 Å². The van der Waals surface area contributed by atoms with Crippen LogP contribution in [-0.2, 0) is 14.8 Å². The lowest BCUT2D eigenvalue weighted by Crippen LogP contribution is -2.38. The summed E-state index contributed by atoms with van der Waals surface area (Å²) >= 11 is 0. The fourth-order valence-electron chi connectivity index (χ4n) is 9.43. The number of carbonyl (C=O) groups is 1. The number of aromatic nitrogens is 14. The van der Waals surface area contributed by atoms with Crippen molar-refractivity contribution in [1.82, 2.24) is 77.5 Å². The van der Waals surface area contributed by atoms with Crippen LogP contribution in [0.3, 0.4) is 0 Å². The van der Waals surface area contributed by atoms with E-state index in [2.05, 4.69) is 76.9 Å². The third-order valence-corrected chi connectivity index (χ3v) is 14.8. The van der Waals surface area contributed by atoms with Gasteiger partial charge in [0, 0.05) is 80.1 Å². The molecule has 0 bridgehead atoms. The molecule has 0 aromatic carbocycles. The summed E-state index contributed by atoms with van der Waals surface area (Å²) < 4.78 is 36.9. The average Bonchev–Trinajstić information content (AvgIpc) is 4.20. The molecule has 0 spiro atoms. The molecule has 19 nitrogen and oxygen atoms in total. The van der Waals surface area contributed by atoms with E-state index in [1.165, 1.54) is 10.6 Å². The van der Waals surface area contributed by atoms with E-state index >= 15 is 0 Å². The van der Waals surface area contributed by atoms with Crippen LogP contribution in [-0.4, -0.2) is 124 Å². The van der Waals surface area contributed by atoms with Crippen molar-refractivity contribution in [2.45, 2.75) is 110 Å².